The fraction of sp³-hybridized carbons (Fsp3) is 0.529. The second-order valence-corrected chi connectivity index (χ2v) is 6.92. The van der Waals surface area contributed by atoms with Gasteiger partial charge in [-0.1, -0.05) is 53.1 Å². The summed E-state index contributed by atoms with van der Waals surface area (Å²) < 4.78 is 1.16. The molecular formula is C17H22BrN. The lowest BCUT2D eigenvalue weighted by molar-refractivity contribution is 0.101. The largest absolute Gasteiger partial charge is 0.299 e. The van der Waals surface area contributed by atoms with Crippen molar-refractivity contribution in [3.05, 3.63) is 39.9 Å². The summed E-state index contributed by atoms with van der Waals surface area (Å²) in [4.78, 5) is 2.72. The maximum Gasteiger partial charge on any atom is 0.0175 e. The fourth-order valence-electron chi connectivity index (χ4n) is 3.15. The van der Waals surface area contributed by atoms with Gasteiger partial charge in [0.05, 0.1) is 0 Å². The molecule has 0 radical (unpaired) electrons. The molecule has 2 aliphatic rings. The Morgan fingerprint density at radius 3 is 2.53 bits per heavy atom. The molecule has 1 aromatic carbocycles. The molecule has 19 heavy (non-hydrogen) atoms. The summed E-state index contributed by atoms with van der Waals surface area (Å²) in [6.07, 6.45) is 7.94. The summed E-state index contributed by atoms with van der Waals surface area (Å²) in [5.41, 5.74) is 2.96. The number of piperidine rings is 1. The molecule has 1 atom stereocenters. The fourth-order valence-corrected chi connectivity index (χ4v) is 3.41. The van der Waals surface area contributed by atoms with Gasteiger partial charge in [0, 0.05) is 23.6 Å². The minimum absolute atomic E-state index is 0.706. The van der Waals surface area contributed by atoms with Crippen molar-refractivity contribution in [3.8, 4) is 0 Å². The third-order valence-electron chi connectivity index (χ3n) is 4.64. The second-order valence-electron chi connectivity index (χ2n) is 6.00. The quantitative estimate of drug-likeness (QED) is 0.762. The van der Waals surface area contributed by atoms with Crippen molar-refractivity contribution in [3.63, 3.8) is 0 Å². The Kier molecular flexibility index (Phi) is 4.09. The predicted molar refractivity (Wildman–Crippen MR) is 85.1 cm³/mol. The van der Waals surface area contributed by atoms with Gasteiger partial charge in [-0.05, 0) is 42.9 Å². The zero-order valence-electron chi connectivity index (χ0n) is 11.6. The molecule has 0 N–H and O–H groups in total. The Labute approximate surface area is 124 Å². The number of halogens is 1. The van der Waals surface area contributed by atoms with Crippen LogP contribution in [0.15, 0.2) is 34.3 Å². The van der Waals surface area contributed by atoms with Gasteiger partial charge in [0.1, 0.15) is 0 Å². The summed E-state index contributed by atoms with van der Waals surface area (Å²) in [7, 11) is 0. The SMILES string of the molecule is CC1CN(C2CCC2)CC/C1=C\c1ccc(Br)cc1. The van der Waals surface area contributed by atoms with E-state index in [9.17, 15) is 0 Å². The lowest BCUT2D eigenvalue weighted by atomic mass is 9.85. The normalized spacial score (nSPS) is 27.5. The summed E-state index contributed by atoms with van der Waals surface area (Å²) in [5.74, 6) is 0.706. The van der Waals surface area contributed by atoms with Crippen LogP contribution < -0.4 is 0 Å². The maximum atomic E-state index is 3.49. The van der Waals surface area contributed by atoms with Gasteiger partial charge in [-0.3, -0.25) is 4.90 Å². The lowest BCUT2D eigenvalue weighted by Crippen LogP contribution is -2.46. The van der Waals surface area contributed by atoms with Crippen LogP contribution in [0.4, 0.5) is 0 Å². The number of likely N-dealkylation sites (tertiary alicyclic amines) is 1. The molecule has 1 aromatic rings. The Balaban J connectivity index is 1.67. The van der Waals surface area contributed by atoms with Crippen molar-refractivity contribution >= 4 is 22.0 Å². The topological polar surface area (TPSA) is 3.24 Å². The highest BCUT2D eigenvalue weighted by atomic mass is 79.9. The zero-order valence-corrected chi connectivity index (χ0v) is 13.2. The first-order valence-electron chi connectivity index (χ1n) is 7.42. The van der Waals surface area contributed by atoms with E-state index in [-0.39, 0.29) is 0 Å². The number of hydrogen-bond donors (Lipinski definition) is 0. The molecule has 102 valence electrons. The van der Waals surface area contributed by atoms with E-state index >= 15 is 0 Å². The number of nitrogens with zero attached hydrogens (tertiary/aromatic N) is 1. The van der Waals surface area contributed by atoms with Crippen molar-refractivity contribution in [2.75, 3.05) is 13.1 Å². The van der Waals surface area contributed by atoms with E-state index in [0.29, 0.717) is 5.92 Å². The van der Waals surface area contributed by atoms with Crippen LogP contribution in [0.1, 0.15) is 38.2 Å². The van der Waals surface area contributed by atoms with Crippen LogP contribution in [0.3, 0.4) is 0 Å². The second kappa shape index (κ2) is 5.80. The Morgan fingerprint density at radius 1 is 1.21 bits per heavy atom. The van der Waals surface area contributed by atoms with Gasteiger partial charge in [0.15, 0.2) is 0 Å². The van der Waals surface area contributed by atoms with Crippen LogP contribution >= 0.6 is 15.9 Å². The van der Waals surface area contributed by atoms with Crippen molar-refractivity contribution in [1.29, 1.82) is 0 Å². The molecule has 1 nitrogen and oxygen atoms in total. The Bertz CT molecular complexity index is 459. The molecule has 1 saturated carbocycles. The first-order valence-corrected chi connectivity index (χ1v) is 8.22. The predicted octanol–water partition coefficient (Wildman–Crippen LogP) is 4.73. The molecule has 1 aliphatic heterocycles. The smallest absolute Gasteiger partial charge is 0.0175 e. The van der Waals surface area contributed by atoms with Crippen LogP contribution in [0, 0.1) is 5.92 Å². The monoisotopic (exact) mass is 319 g/mol. The zero-order chi connectivity index (χ0) is 13.2. The van der Waals surface area contributed by atoms with Gasteiger partial charge in [0.25, 0.3) is 0 Å². The van der Waals surface area contributed by atoms with E-state index in [4.69, 9.17) is 0 Å². The highest BCUT2D eigenvalue weighted by Gasteiger charge is 2.29. The number of benzene rings is 1. The van der Waals surface area contributed by atoms with Crippen LogP contribution in [0.25, 0.3) is 6.08 Å². The molecule has 0 bridgehead atoms. The standard InChI is InChI=1S/C17H22BrN/c1-13-12-19(17-3-2-4-17)10-9-15(13)11-14-5-7-16(18)8-6-14/h5-8,11,13,17H,2-4,9-10,12H2,1H3/b15-11+. The average molecular weight is 320 g/mol. The lowest BCUT2D eigenvalue weighted by Gasteiger charge is -2.42. The molecule has 0 spiro atoms. The van der Waals surface area contributed by atoms with E-state index < -0.39 is 0 Å². The molecule has 1 heterocycles. The highest BCUT2D eigenvalue weighted by Crippen LogP contribution is 2.32. The van der Waals surface area contributed by atoms with Gasteiger partial charge < -0.3 is 0 Å². The summed E-state index contributed by atoms with van der Waals surface area (Å²) in [5, 5.41) is 0. The van der Waals surface area contributed by atoms with Crippen LogP contribution in [0.5, 0.6) is 0 Å². The molecule has 3 rings (SSSR count). The minimum atomic E-state index is 0.706. The molecule has 1 aliphatic carbocycles. The molecular weight excluding hydrogens is 298 g/mol. The molecule has 1 saturated heterocycles. The molecule has 1 unspecified atom stereocenters. The van der Waals surface area contributed by atoms with Crippen LogP contribution in [-0.2, 0) is 0 Å². The minimum Gasteiger partial charge on any atom is -0.299 e. The third kappa shape index (κ3) is 3.11. The summed E-state index contributed by atoms with van der Waals surface area (Å²) in [6.45, 7) is 4.90. The van der Waals surface area contributed by atoms with Gasteiger partial charge in [-0.2, -0.15) is 0 Å². The summed E-state index contributed by atoms with van der Waals surface area (Å²) in [6, 6.07) is 9.54. The highest BCUT2D eigenvalue weighted by molar-refractivity contribution is 9.10. The maximum absolute atomic E-state index is 3.49. The van der Waals surface area contributed by atoms with E-state index in [1.807, 2.05) is 0 Å². The molecule has 0 aromatic heterocycles. The Morgan fingerprint density at radius 2 is 1.95 bits per heavy atom. The number of rotatable bonds is 2. The molecule has 0 amide bonds. The Hall–Kier alpha value is -0.600. The van der Waals surface area contributed by atoms with Crippen LogP contribution in [0.2, 0.25) is 0 Å². The number of hydrogen-bond acceptors (Lipinski definition) is 1. The van der Waals surface area contributed by atoms with E-state index in [1.54, 1.807) is 5.57 Å². The van der Waals surface area contributed by atoms with Crippen molar-refractivity contribution in [2.45, 2.75) is 38.6 Å². The third-order valence-corrected chi connectivity index (χ3v) is 5.17. The van der Waals surface area contributed by atoms with Gasteiger partial charge >= 0.3 is 0 Å². The van der Waals surface area contributed by atoms with Crippen LogP contribution in [-0.4, -0.2) is 24.0 Å². The van der Waals surface area contributed by atoms with Gasteiger partial charge in [-0.15, -0.1) is 0 Å². The average Bonchev–Trinajstić information content (AvgIpc) is 2.33. The summed E-state index contributed by atoms with van der Waals surface area (Å²) >= 11 is 3.49. The van der Waals surface area contributed by atoms with Crippen molar-refractivity contribution < 1.29 is 0 Å². The van der Waals surface area contributed by atoms with Gasteiger partial charge in [0.2, 0.25) is 0 Å². The van der Waals surface area contributed by atoms with E-state index in [2.05, 4.69) is 58.1 Å². The van der Waals surface area contributed by atoms with Gasteiger partial charge in [-0.25, -0.2) is 0 Å². The van der Waals surface area contributed by atoms with Crippen molar-refractivity contribution in [1.82, 2.24) is 4.90 Å². The first kappa shape index (κ1) is 13.4. The first-order chi connectivity index (χ1) is 9.22. The van der Waals surface area contributed by atoms with E-state index in [1.165, 1.54) is 44.3 Å². The molecule has 2 fully saturated rings. The van der Waals surface area contributed by atoms with E-state index in [0.717, 1.165) is 10.5 Å². The van der Waals surface area contributed by atoms with Crippen molar-refractivity contribution in [2.24, 2.45) is 5.92 Å². The molecule has 2 heteroatoms.